The third-order valence-electron chi connectivity index (χ3n) is 3.66. The fourth-order valence-electron chi connectivity index (χ4n) is 2.19. The van der Waals surface area contributed by atoms with Crippen LogP contribution in [0.15, 0.2) is 53.6 Å². The van der Waals surface area contributed by atoms with Gasteiger partial charge in [-0.15, -0.1) is 0 Å². The summed E-state index contributed by atoms with van der Waals surface area (Å²) in [6, 6.07) is 15.6. The van der Waals surface area contributed by atoms with Crippen LogP contribution in [0.25, 0.3) is 0 Å². The van der Waals surface area contributed by atoms with Gasteiger partial charge in [-0.05, 0) is 43.2 Å². The van der Waals surface area contributed by atoms with Crippen LogP contribution in [0.2, 0.25) is 0 Å². The molecule has 0 saturated carbocycles. The zero-order chi connectivity index (χ0) is 16.8. The fraction of sp³-hybridized carbons (Fsp3) is 0.263. The van der Waals surface area contributed by atoms with Crippen molar-refractivity contribution in [1.29, 1.82) is 0 Å². The second-order valence-corrected chi connectivity index (χ2v) is 5.66. The first-order chi connectivity index (χ1) is 11.0. The van der Waals surface area contributed by atoms with E-state index in [0.29, 0.717) is 5.56 Å². The monoisotopic (exact) mass is 309 g/mol. The van der Waals surface area contributed by atoms with Crippen LogP contribution in [0, 0.1) is 6.92 Å². The number of carbonyl (C=O) groups excluding carboxylic acids is 1. The van der Waals surface area contributed by atoms with Crippen molar-refractivity contribution in [3.63, 3.8) is 0 Å². The molecule has 0 fully saturated rings. The molecule has 2 aromatic carbocycles. The van der Waals surface area contributed by atoms with Crippen molar-refractivity contribution >= 4 is 17.3 Å². The summed E-state index contributed by atoms with van der Waals surface area (Å²) in [5.74, 6) is -0.201. The van der Waals surface area contributed by atoms with Crippen LogP contribution in [0.1, 0.15) is 34.8 Å². The highest BCUT2D eigenvalue weighted by molar-refractivity contribution is 6.02. The van der Waals surface area contributed by atoms with Crippen LogP contribution < -0.4 is 10.3 Å². The van der Waals surface area contributed by atoms with Gasteiger partial charge < -0.3 is 4.90 Å². The Balaban J connectivity index is 2.10. The molecular weight excluding hydrogens is 286 g/mol. The molecular formula is C19H23N3O. The minimum Gasteiger partial charge on any atom is -0.378 e. The van der Waals surface area contributed by atoms with Gasteiger partial charge in [0.2, 0.25) is 0 Å². The molecule has 0 bridgehead atoms. The highest BCUT2D eigenvalue weighted by Crippen LogP contribution is 2.12. The smallest absolute Gasteiger partial charge is 0.271 e. The first kappa shape index (κ1) is 16.7. The van der Waals surface area contributed by atoms with Crippen LogP contribution in [0.5, 0.6) is 0 Å². The molecule has 0 atom stereocenters. The van der Waals surface area contributed by atoms with Gasteiger partial charge in [0, 0.05) is 25.3 Å². The predicted molar refractivity (Wildman–Crippen MR) is 96.2 cm³/mol. The highest BCUT2D eigenvalue weighted by Gasteiger charge is 2.06. The van der Waals surface area contributed by atoms with Gasteiger partial charge >= 0.3 is 0 Å². The van der Waals surface area contributed by atoms with Gasteiger partial charge in [0.25, 0.3) is 5.91 Å². The molecule has 0 aromatic heterocycles. The highest BCUT2D eigenvalue weighted by atomic mass is 16.2. The second-order valence-electron chi connectivity index (χ2n) is 5.66. The van der Waals surface area contributed by atoms with E-state index in [4.69, 9.17) is 0 Å². The Morgan fingerprint density at radius 2 is 1.57 bits per heavy atom. The standard InChI is InChI=1S/C19H23N3O/c1-5-18(15-8-6-14(2)7-9-15)20-21-19(23)16-10-12-17(13-11-16)22(3)4/h6-13H,5H2,1-4H3,(H,21,23)/b20-18-. The molecule has 0 aliphatic carbocycles. The topological polar surface area (TPSA) is 44.7 Å². The molecule has 4 heteroatoms. The van der Waals surface area contributed by atoms with E-state index in [1.165, 1.54) is 5.56 Å². The molecule has 0 radical (unpaired) electrons. The van der Waals surface area contributed by atoms with Gasteiger partial charge in [-0.25, -0.2) is 5.43 Å². The lowest BCUT2D eigenvalue weighted by Gasteiger charge is -2.12. The zero-order valence-electron chi connectivity index (χ0n) is 14.1. The van der Waals surface area contributed by atoms with Gasteiger partial charge in [-0.3, -0.25) is 4.79 Å². The number of aryl methyl sites for hydroxylation is 1. The van der Waals surface area contributed by atoms with Gasteiger partial charge in [0.15, 0.2) is 0 Å². The Morgan fingerprint density at radius 3 is 2.09 bits per heavy atom. The van der Waals surface area contributed by atoms with Gasteiger partial charge in [-0.1, -0.05) is 36.8 Å². The number of benzene rings is 2. The van der Waals surface area contributed by atoms with Gasteiger partial charge in [-0.2, -0.15) is 5.10 Å². The minimum absolute atomic E-state index is 0.201. The number of hydrogen-bond donors (Lipinski definition) is 1. The quantitative estimate of drug-likeness (QED) is 0.677. The number of rotatable bonds is 5. The molecule has 120 valence electrons. The van der Waals surface area contributed by atoms with Gasteiger partial charge in [0.1, 0.15) is 0 Å². The number of nitrogens with one attached hydrogen (secondary N) is 1. The number of carbonyl (C=O) groups is 1. The maximum Gasteiger partial charge on any atom is 0.271 e. The van der Waals surface area contributed by atoms with Crippen LogP contribution in [0.3, 0.4) is 0 Å². The second kappa shape index (κ2) is 7.58. The lowest BCUT2D eigenvalue weighted by molar-refractivity contribution is 0.0955. The van der Waals surface area contributed by atoms with Crippen molar-refractivity contribution in [2.24, 2.45) is 5.10 Å². The van der Waals surface area contributed by atoms with E-state index >= 15 is 0 Å². The average Bonchev–Trinajstić information content (AvgIpc) is 2.56. The average molecular weight is 309 g/mol. The van der Waals surface area contributed by atoms with E-state index < -0.39 is 0 Å². The van der Waals surface area contributed by atoms with Crippen molar-refractivity contribution < 1.29 is 4.79 Å². The molecule has 0 aliphatic heterocycles. The Kier molecular flexibility index (Phi) is 5.52. The van der Waals surface area contributed by atoms with Gasteiger partial charge in [0.05, 0.1) is 5.71 Å². The largest absolute Gasteiger partial charge is 0.378 e. The summed E-state index contributed by atoms with van der Waals surface area (Å²) >= 11 is 0. The SMILES string of the molecule is CC/C(=N/NC(=O)c1ccc(N(C)C)cc1)c1ccc(C)cc1. The molecule has 2 rings (SSSR count). The molecule has 23 heavy (non-hydrogen) atoms. The molecule has 0 spiro atoms. The Bertz CT molecular complexity index is 686. The van der Waals surface area contributed by atoms with Crippen LogP contribution >= 0.6 is 0 Å². The van der Waals surface area contributed by atoms with Crippen LogP contribution in [0.4, 0.5) is 5.69 Å². The Morgan fingerprint density at radius 1 is 1.00 bits per heavy atom. The first-order valence-corrected chi connectivity index (χ1v) is 7.72. The number of hydrogen-bond acceptors (Lipinski definition) is 3. The minimum atomic E-state index is -0.201. The summed E-state index contributed by atoms with van der Waals surface area (Å²) in [7, 11) is 3.93. The molecule has 1 amide bonds. The Labute approximate surface area is 137 Å². The third-order valence-corrected chi connectivity index (χ3v) is 3.66. The van der Waals surface area contributed by atoms with E-state index in [0.717, 1.165) is 23.4 Å². The molecule has 1 N–H and O–H groups in total. The molecule has 0 aliphatic rings. The van der Waals surface area contributed by atoms with Crippen molar-refractivity contribution in [1.82, 2.24) is 5.43 Å². The summed E-state index contributed by atoms with van der Waals surface area (Å²) < 4.78 is 0. The summed E-state index contributed by atoms with van der Waals surface area (Å²) in [4.78, 5) is 14.2. The Hall–Kier alpha value is -2.62. The lowest BCUT2D eigenvalue weighted by atomic mass is 10.1. The molecule has 4 nitrogen and oxygen atoms in total. The molecule has 2 aromatic rings. The fourth-order valence-corrected chi connectivity index (χ4v) is 2.19. The molecule has 0 saturated heterocycles. The zero-order valence-corrected chi connectivity index (χ0v) is 14.1. The van der Waals surface area contributed by atoms with E-state index in [9.17, 15) is 4.79 Å². The number of nitrogens with zero attached hydrogens (tertiary/aromatic N) is 2. The van der Waals surface area contributed by atoms with Crippen molar-refractivity contribution in [2.45, 2.75) is 20.3 Å². The predicted octanol–water partition coefficient (Wildman–Crippen LogP) is 3.61. The van der Waals surface area contributed by atoms with E-state index in [1.807, 2.05) is 69.2 Å². The van der Waals surface area contributed by atoms with Crippen LogP contribution in [-0.2, 0) is 0 Å². The maximum atomic E-state index is 12.2. The van der Waals surface area contributed by atoms with Crippen molar-refractivity contribution in [3.8, 4) is 0 Å². The normalized spacial score (nSPS) is 11.2. The number of hydrazone groups is 1. The lowest BCUT2D eigenvalue weighted by Crippen LogP contribution is -2.20. The summed E-state index contributed by atoms with van der Waals surface area (Å²) in [6.45, 7) is 4.07. The maximum absolute atomic E-state index is 12.2. The van der Waals surface area contributed by atoms with Crippen molar-refractivity contribution in [3.05, 3.63) is 65.2 Å². The van der Waals surface area contributed by atoms with Crippen molar-refractivity contribution in [2.75, 3.05) is 19.0 Å². The molecule has 0 heterocycles. The molecule has 0 unspecified atom stereocenters. The van der Waals surface area contributed by atoms with E-state index in [2.05, 4.69) is 10.5 Å². The van der Waals surface area contributed by atoms with E-state index in [-0.39, 0.29) is 5.91 Å². The van der Waals surface area contributed by atoms with Crippen LogP contribution in [-0.4, -0.2) is 25.7 Å². The summed E-state index contributed by atoms with van der Waals surface area (Å²) in [5.41, 5.74) is 7.39. The number of amides is 1. The van der Waals surface area contributed by atoms with E-state index in [1.54, 1.807) is 12.1 Å². The summed E-state index contributed by atoms with van der Waals surface area (Å²) in [6.07, 6.45) is 0.753. The third kappa shape index (κ3) is 4.42. The summed E-state index contributed by atoms with van der Waals surface area (Å²) in [5, 5.41) is 4.28. The number of anilines is 1. The first-order valence-electron chi connectivity index (χ1n) is 7.72.